The van der Waals surface area contributed by atoms with Gasteiger partial charge >= 0.3 is 0 Å². The second-order valence-corrected chi connectivity index (χ2v) is 3.40. The van der Waals surface area contributed by atoms with E-state index in [9.17, 15) is 0 Å². The standard InChI is InChI=1S/C11H15N3/c1-2-13-6-8-7-14-11-4-3-9(12)5-10(8)11/h3-5,7,13-14H,2,6,12H2,1H3. The third-order valence-corrected chi connectivity index (χ3v) is 2.36. The van der Waals surface area contributed by atoms with Gasteiger partial charge in [-0.1, -0.05) is 6.92 Å². The summed E-state index contributed by atoms with van der Waals surface area (Å²) in [5.74, 6) is 0. The van der Waals surface area contributed by atoms with E-state index in [1.807, 2.05) is 24.4 Å². The van der Waals surface area contributed by atoms with Gasteiger partial charge in [-0.15, -0.1) is 0 Å². The topological polar surface area (TPSA) is 53.8 Å². The number of nitrogen functional groups attached to an aromatic ring is 1. The van der Waals surface area contributed by atoms with Gasteiger partial charge in [0.25, 0.3) is 0 Å². The molecule has 4 N–H and O–H groups in total. The van der Waals surface area contributed by atoms with Crippen LogP contribution < -0.4 is 11.1 Å². The fourth-order valence-electron chi connectivity index (χ4n) is 1.60. The van der Waals surface area contributed by atoms with Gasteiger partial charge in [-0.3, -0.25) is 0 Å². The molecule has 0 unspecified atom stereocenters. The molecule has 0 saturated heterocycles. The van der Waals surface area contributed by atoms with E-state index in [4.69, 9.17) is 5.73 Å². The summed E-state index contributed by atoms with van der Waals surface area (Å²) < 4.78 is 0. The second kappa shape index (κ2) is 3.72. The van der Waals surface area contributed by atoms with Crippen LogP contribution >= 0.6 is 0 Å². The molecule has 0 saturated carbocycles. The second-order valence-electron chi connectivity index (χ2n) is 3.40. The van der Waals surface area contributed by atoms with Gasteiger partial charge in [0.15, 0.2) is 0 Å². The fraction of sp³-hybridized carbons (Fsp3) is 0.273. The van der Waals surface area contributed by atoms with Crippen LogP contribution in [-0.4, -0.2) is 11.5 Å². The van der Waals surface area contributed by atoms with Crippen molar-refractivity contribution in [1.82, 2.24) is 10.3 Å². The fourth-order valence-corrected chi connectivity index (χ4v) is 1.60. The molecule has 1 heterocycles. The first-order valence-corrected chi connectivity index (χ1v) is 4.87. The van der Waals surface area contributed by atoms with Gasteiger partial charge in [-0.25, -0.2) is 0 Å². The lowest BCUT2D eigenvalue weighted by atomic mass is 10.1. The molecular formula is C11H15N3. The average Bonchev–Trinajstić information content (AvgIpc) is 2.57. The molecule has 3 nitrogen and oxygen atoms in total. The smallest absolute Gasteiger partial charge is 0.0458 e. The predicted molar refractivity (Wildman–Crippen MR) is 60.1 cm³/mol. The van der Waals surface area contributed by atoms with Crippen LogP contribution in [0.1, 0.15) is 12.5 Å². The molecule has 1 aromatic heterocycles. The van der Waals surface area contributed by atoms with Crippen LogP contribution in [0.25, 0.3) is 10.9 Å². The lowest BCUT2D eigenvalue weighted by Gasteiger charge is -2.00. The number of anilines is 1. The van der Waals surface area contributed by atoms with Gasteiger partial charge in [0.2, 0.25) is 0 Å². The third-order valence-electron chi connectivity index (χ3n) is 2.36. The molecule has 0 amide bonds. The summed E-state index contributed by atoms with van der Waals surface area (Å²) >= 11 is 0. The Balaban J connectivity index is 2.40. The first-order valence-electron chi connectivity index (χ1n) is 4.87. The van der Waals surface area contributed by atoms with Gasteiger partial charge < -0.3 is 16.0 Å². The molecule has 0 bridgehead atoms. The molecule has 0 spiro atoms. The molecule has 2 aromatic rings. The Morgan fingerprint density at radius 3 is 3.07 bits per heavy atom. The Hall–Kier alpha value is -1.48. The van der Waals surface area contributed by atoms with Crippen molar-refractivity contribution in [2.45, 2.75) is 13.5 Å². The van der Waals surface area contributed by atoms with Gasteiger partial charge in [0.05, 0.1) is 0 Å². The Labute approximate surface area is 83.3 Å². The number of nitrogens with one attached hydrogen (secondary N) is 2. The number of hydrogen-bond donors (Lipinski definition) is 3. The molecular weight excluding hydrogens is 174 g/mol. The van der Waals surface area contributed by atoms with E-state index in [1.165, 1.54) is 10.9 Å². The summed E-state index contributed by atoms with van der Waals surface area (Å²) in [4.78, 5) is 3.23. The van der Waals surface area contributed by atoms with Gasteiger partial charge in [0, 0.05) is 29.3 Å². The maximum Gasteiger partial charge on any atom is 0.0458 e. The lowest BCUT2D eigenvalue weighted by molar-refractivity contribution is 0.730. The third kappa shape index (κ3) is 1.59. The number of aromatic amines is 1. The highest BCUT2D eigenvalue weighted by Gasteiger charge is 2.02. The molecule has 0 atom stereocenters. The summed E-state index contributed by atoms with van der Waals surface area (Å²) in [6.45, 7) is 3.97. The number of hydrogen-bond acceptors (Lipinski definition) is 2. The SMILES string of the molecule is CCNCc1c[nH]c2ccc(N)cc12. The zero-order valence-electron chi connectivity index (χ0n) is 8.30. The highest BCUT2D eigenvalue weighted by Crippen LogP contribution is 2.20. The van der Waals surface area contributed by atoms with Crippen molar-refractivity contribution in [2.24, 2.45) is 0 Å². The largest absolute Gasteiger partial charge is 0.399 e. The molecule has 0 aliphatic heterocycles. The van der Waals surface area contributed by atoms with Crippen molar-refractivity contribution >= 4 is 16.6 Å². The van der Waals surface area contributed by atoms with Crippen LogP contribution in [-0.2, 0) is 6.54 Å². The van der Waals surface area contributed by atoms with E-state index in [0.29, 0.717) is 0 Å². The number of fused-ring (bicyclic) bond motifs is 1. The number of benzene rings is 1. The van der Waals surface area contributed by atoms with Crippen LogP contribution in [0, 0.1) is 0 Å². The van der Waals surface area contributed by atoms with Gasteiger partial charge in [-0.05, 0) is 30.3 Å². The molecule has 0 radical (unpaired) electrons. The van der Waals surface area contributed by atoms with Gasteiger partial charge in [-0.2, -0.15) is 0 Å². The Bertz CT molecular complexity index is 431. The summed E-state index contributed by atoms with van der Waals surface area (Å²) in [7, 11) is 0. The van der Waals surface area contributed by atoms with Crippen molar-refractivity contribution in [1.29, 1.82) is 0 Å². The van der Waals surface area contributed by atoms with Crippen molar-refractivity contribution in [3.8, 4) is 0 Å². The van der Waals surface area contributed by atoms with Crippen molar-refractivity contribution in [3.63, 3.8) is 0 Å². The minimum absolute atomic E-state index is 0.815. The average molecular weight is 189 g/mol. The van der Waals surface area contributed by atoms with E-state index in [1.54, 1.807) is 0 Å². The maximum absolute atomic E-state index is 5.75. The van der Waals surface area contributed by atoms with Crippen LogP contribution in [0.4, 0.5) is 5.69 Å². The first kappa shape index (κ1) is 9.09. The molecule has 0 fully saturated rings. The highest BCUT2D eigenvalue weighted by molar-refractivity contribution is 5.86. The number of rotatable bonds is 3. The Kier molecular flexibility index (Phi) is 2.41. The van der Waals surface area contributed by atoms with Crippen LogP contribution in [0.3, 0.4) is 0 Å². The van der Waals surface area contributed by atoms with Crippen molar-refractivity contribution in [2.75, 3.05) is 12.3 Å². The normalized spacial score (nSPS) is 10.9. The summed E-state index contributed by atoms with van der Waals surface area (Å²) in [6.07, 6.45) is 2.03. The van der Waals surface area contributed by atoms with E-state index >= 15 is 0 Å². The van der Waals surface area contributed by atoms with Crippen molar-refractivity contribution < 1.29 is 0 Å². The number of nitrogens with two attached hydrogens (primary N) is 1. The molecule has 3 heteroatoms. The zero-order chi connectivity index (χ0) is 9.97. The van der Waals surface area contributed by atoms with Crippen LogP contribution in [0.15, 0.2) is 24.4 Å². The minimum Gasteiger partial charge on any atom is -0.399 e. The van der Waals surface area contributed by atoms with Crippen LogP contribution in [0.5, 0.6) is 0 Å². The quantitative estimate of drug-likeness (QED) is 0.645. The summed E-state index contributed by atoms with van der Waals surface area (Å²) in [5.41, 5.74) is 8.98. The minimum atomic E-state index is 0.815. The van der Waals surface area contributed by atoms with E-state index in [0.717, 1.165) is 24.3 Å². The van der Waals surface area contributed by atoms with E-state index in [2.05, 4.69) is 17.2 Å². The van der Waals surface area contributed by atoms with E-state index in [-0.39, 0.29) is 0 Å². The molecule has 0 aliphatic carbocycles. The Morgan fingerprint density at radius 1 is 1.43 bits per heavy atom. The summed E-state index contributed by atoms with van der Waals surface area (Å²) in [6, 6.07) is 5.94. The first-order chi connectivity index (χ1) is 6.81. The molecule has 2 rings (SSSR count). The zero-order valence-corrected chi connectivity index (χ0v) is 8.30. The monoisotopic (exact) mass is 189 g/mol. The molecule has 14 heavy (non-hydrogen) atoms. The van der Waals surface area contributed by atoms with Crippen molar-refractivity contribution in [3.05, 3.63) is 30.0 Å². The lowest BCUT2D eigenvalue weighted by Crippen LogP contribution is -2.11. The predicted octanol–water partition coefficient (Wildman–Crippen LogP) is 1.86. The maximum atomic E-state index is 5.75. The number of aromatic nitrogens is 1. The summed E-state index contributed by atoms with van der Waals surface area (Å²) in [5, 5.41) is 4.52. The van der Waals surface area contributed by atoms with Crippen LogP contribution in [0.2, 0.25) is 0 Å². The molecule has 74 valence electrons. The van der Waals surface area contributed by atoms with E-state index < -0.39 is 0 Å². The number of H-pyrrole nitrogens is 1. The van der Waals surface area contributed by atoms with Gasteiger partial charge in [0.1, 0.15) is 0 Å². The molecule has 1 aromatic carbocycles. The molecule has 0 aliphatic rings. The Morgan fingerprint density at radius 2 is 2.29 bits per heavy atom. The highest BCUT2D eigenvalue weighted by atomic mass is 14.8.